The fraction of sp³-hybridized carbons (Fsp3) is 0.700. The lowest BCUT2D eigenvalue weighted by molar-refractivity contribution is -0.706. The second kappa shape index (κ2) is 8.65. The maximum Gasteiger partial charge on any atom is 0.204 e. The van der Waals surface area contributed by atoms with Crippen molar-refractivity contribution >= 4 is 12.6 Å². The second-order valence-electron chi connectivity index (χ2n) is 7.39. The molecule has 7 heteroatoms. The zero-order valence-electron chi connectivity index (χ0n) is 17.2. The maximum absolute atomic E-state index is 5.77. The highest BCUT2D eigenvalue weighted by atomic mass is 16.7. The molecule has 0 aromatic heterocycles. The minimum Gasteiger partial charge on any atom is -0.351 e. The van der Waals surface area contributed by atoms with Crippen LogP contribution in [0.2, 0.25) is 0 Å². The molecule has 0 aliphatic carbocycles. The Kier molecular flexibility index (Phi) is 6.47. The maximum atomic E-state index is 5.77. The summed E-state index contributed by atoms with van der Waals surface area (Å²) < 4.78 is 12.2. The number of fused-ring (bicyclic) bond motifs is 1. The molecule has 1 unspecified atom stereocenters. The van der Waals surface area contributed by atoms with Gasteiger partial charge in [-0.3, -0.25) is 4.99 Å². The molecule has 0 saturated carbocycles. The van der Waals surface area contributed by atoms with E-state index < -0.39 is 0 Å². The van der Waals surface area contributed by atoms with E-state index in [2.05, 4.69) is 47.6 Å². The molecular weight excluding hydrogens is 342 g/mol. The smallest absolute Gasteiger partial charge is 0.204 e. The molecule has 4 aliphatic rings. The van der Waals surface area contributed by atoms with Gasteiger partial charge in [0.15, 0.2) is 11.6 Å². The van der Waals surface area contributed by atoms with Gasteiger partial charge in [-0.2, -0.15) is 4.99 Å². The SMILES string of the molecule is CCN(CC)CC.C[N+]12C=CN=CC1=C(N1CCC3(CC1)OCCO3)N=C2. The Morgan fingerprint density at radius 3 is 2.30 bits per heavy atom. The average molecular weight is 377 g/mol. The van der Waals surface area contributed by atoms with E-state index >= 15 is 0 Å². The Hall–Kier alpha value is -1.54. The molecule has 4 aliphatic heterocycles. The van der Waals surface area contributed by atoms with Crippen LogP contribution < -0.4 is 0 Å². The molecule has 1 spiro atoms. The van der Waals surface area contributed by atoms with Crippen LogP contribution in [0.15, 0.2) is 33.9 Å². The number of likely N-dealkylation sites (tertiary alicyclic amines) is 1. The van der Waals surface area contributed by atoms with Crippen LogP contribution in [0.5, 0.6) is 0 Å². The average Bonchev–Trinajstić information content (AvgIpc) is 3.29. The summed E-state index contributed by atoms with van der Waals surface area (Å²) >= 11 is 0. The number of quaternary nitrogens is 1. The van der Waals surface area contributed by atoms with E-state index in [1.54, 1.807) is 0 Å². The minimum absolute atomic E-state index is 0.331. The van der Waals surface area contributed by atoms with Crippen LogP contribution in [0.1, 0.15) is 33.6 Å². The Balaban J connectivity index is 0.000000260. The number of hydrogen-bond acceptors (Lipinski definition) is 6. The van der Waals surface area contributed by atoms with E-state index in [-0.39, 0.29) is 5.79 Å². The lowest BCUT2D eigenvalue weighted by Crippen LogP contribution is -2.45. The summed E-state index contributed by atoms with van der Waals surface area (Å²) in [5.41, 5.74) is 1.14. The molecule has 0 aromatic carbocycles. The van der Waals surface area contributed by atoms with Crippen molar-refractivity contribution < 1.29 is 14.0 Å². The van der Waals surface area contributed by atoms with E-state index in [1.165, 1.54) is 19.6 Å². The van der Waals surface area contributed by atoms with E-state index in [0.29, 0.717) is 4.48 Å². The molecule has 0 radical (unpaired) electrons. The van der Waals surface area contributed by atoms with Crippen LogP contribution in [-0.2, 0) is 9.47 Å². The third-order valence-corrected chi connectivity index (χ3v) is 5.81. The number of hydrogen-bond donors (Lipinski definition) is 0. The molecular formula is C20H34N5O2+. The summed E-state index contributed by atoms with van der Waals surface area (Å²) in [4.78, 5) is 13.6. The van der Waals surface area contributed by atoms with Crippen LogP contribution >= 0.6 is 0 Å². The van der Waals surface area contributed by atoms with E-state index in [4.69, 9.17) is 9.47 Å². The third-order valence-electron chi connectivity index (χ3n) is 5.81. The zero-order valence-corrected chi connectivity index (χ0v) is 17.2. The molecule has 1 atom stereocenters. The predicted octanol–water partition coefficient (Wildman–Crippen LogP) is 2.39. The van der Waals surface area contributed by atoms with Gasteiger partial charge < -0.3 is 19.3 Å². The summed E-state index contributed by atoms with van der Waals surface area (Å²) in [5.74, 6) is 0.705. The summed E-state index contributed by atoms with van der Waals surface area (Å²) in [7, 11) is 2.11. The van der Waals surface area contributed by atoms with E-state index in [9.17, 15) is 0 Å². The van der Waals surface area contributed by atoms with Crippen LogP contribution in [0.4, 0.5) is 0 Å². The van der Waals surface area contributed by atoms with Crippen LogP contribution in [0, 0.1) is 0 Å². The molecule has 150 valence electrons. The van der Waals surface area contributed by atoms with Gasteiger partial charge in [-0.15, -0.1) is 0 Å². The highest BCUT2D eigenvalue weighted by molar-refractivity contribution is 5.83. The van der Waals surface area contributed by atoms with Gasteiger partial charge in [0, 0.05) is 25.9 Å². The van der Waals surface area contributed by atoms with Gasteiger partial charge in [0.25, 0.3) is 0 Å². The summed E-state index contributed by atoms with van der Waals surface area (Å²) in [6.45, 7) is 13.4. The van der Waals surface area contributed by atoms with Crippen molar-refractivity contribution in [3.05, 3.63) is 23.9 Å². The van der Waals surface area contributed by atoms with Crippen LogP contribution in [0.25, 0.3) is 0 Å². The Bertz CT molecular complexity index is 617. The molecule has 0 amide bonds. The van der Waals surface area contributed by atoms with Crippen molar-refractivity contribution in [2.24, 2.45) is 9.98 Å². The van der Waals surface area contributed by atoms with Crippen molar-refractivity contribution in [2.45, 2.75) is 39.4 Å². The molecule has 0 bridgehead atoms. The topological polar surface area (TPSA) is 49.7 Å². The van der Waals surface area contributed by atoms with E-state index in [1.807, 2.05) is 25.0 Å². The first-order valence-electron chi connectivity index (χ1n) is 10.2. The molecule has 0 N–H and O–H groups in total. The Morgan fingerprint density at radius 1 is 1.11 bits per heavy atom. The van der Waals surface area contributed by atoms with Crippen LogP contribution in [0.3, 0.4) is 0 Å². The third kappa shape index (κ3) is 4.32. The van der Waals surface area contributed by atoms with Gasteiger partial charge in [-0.05, 0) is 19.6 Å². The van der Waals surface area contributed by atoms with Crippen molar-refractivity contribution in [1.82, 2.24) is 9.80 Å². The van der Waals surface area contributed by atoms with Crippen LogP contribution in [-0.4, -0.2) is 85.6 Å². The van der Waals surface area contributed by atoms with Crippen molar-refractivity contribution in [3.63, 3.8) is 0 Å². The monoisotopic (exact) mass is 376 g/mol. The van der Waals surface area contributed by atoms with Crippen molar-refractivity contribution in [1.29, 1.82) is 0 Å². The van der Waals surface area contributed by atoms with Crippen molar-refractivity contribution in [2.75, 3.05) is 53.0 Å². The number of piperidine rings is 1. The number of nitrogens with zero attached hydrogens (tertiary/aromatic N) is 5. The zero-order chi connectivity index (χ0) is 19.3. The normalized spacial score (nSPS) is 28.1. The molecule has 4 heterocycles. The summed E-state index contributed by atoms with van der Waals surface area (Å²) in [6, 6.07) is 0. The number of allylic oxidation sites excluding steroid dienone is 1. The fourth-order valence-corrected chi connectivity index (χ4v) is 3.87. The first kappa shape index (κ1) is 20.2. The Labute approximate surface area is 163 Å². The van der Waals surface area contributed by atoms with Gasteiger partial charge in [-0.25, -0.2) is 4.48 Å². The van der Waals surface area contributed by atoms with Gasteiger partial charge >= 0.3 is 0 Å². The van der Waals surface area contributed by atoms with E-state index in [0.717, 1.165) is 50.7 Å². The molecule has 27 heavy (non-hydrogen) atoms. The minimum atomic E-state index is -0.331. The van der Waals surface area contributed by atoms with Gasteiger partial charge in [-0.1, -0.05) is 20.8 Å². The van der Waals surface area contributed by atoms with Gasteiger partial charge in [0.1, 0.15) is 6.20 Å². The Morgan fingerprint density at radius 2 is 1.74 bits per heavy atom. The highest BCUT2D eigenvalue weighted by Crippen LogP contribution is 2.35. The number of rotatable bonds is 4. The number of ether oxygens (including phenoxy) is 2. The summed E-state index contributed by atoms with van der Waals surface area (Å²) in [5, 5.41) is 0. The second-order valence-corrected chi connectivity index (χ2v) is 7.39. The predicted molar refractivity (Wildman–Crippen MR) is 108 cm³/mol. The quantitative estimate of drug-likeness (QED) is 0.707. The molecule has 2 saturated heterocycles. The standard InChI is InChI=1S/C14H19N4O2.C6H15N/c1-18-7-4-15-10-12(18)13(16-11-18)17-5-2-14(3-6-17)19-8-9-20-14;1-4-7(5-2)6-3/h4,7,10-11H,2-3,5-6,8-9H2,1H3;4-6H2,1-3H3/q+1;. The van der Waals surface area contributed by atoms with Crippen molar-refractivity contribution in [3.8, 4) is 0 Å². The largest absolute Gasteiger partial charge is 0.351 e. The van der Waals surface area contributed by atoms with Gasteiger partial charge in [0.05, 0.1) is 32.7 Å². The molecule has 0 aromatic rings. The molecule has 2 fully saturated rings. The number of aliphatic imine (C=N–C) groups is 2. The van der Waals surface area contributed by atoms with Gasteiger partial charge in [0.2, 0.25) is 12.0 Å². The summed E-state index contributed by atoms with van der Waals surface area (Å²) in [6.07, 6.45) is 9.53. The molecule has 7 nitrogen and oxygen atoms in total. The first-order valence-corrected chi connectivity index (χ1v) is 10.2. The lowest BCUT2D eigenvalue weighted by atomic mass is 10.0. The highest BCUT2D eigenvalue weighted by Gasteiger charge is 2.43. The lowest BCUT2D eigenvalue weighted by Gasteiger charge is -2.38. The molecule has 4 rings (SSSR count). The first-order chi connectivity index (χ1) is 13.1. The fourth-order valence-electron chi connectivity index (χ4n) is 3.87.